The number of amides is 2. The number of hydroxylamine groups is 1. The summed E-state index contributed by atoms with van der Waals surface area (Å²) < 4.78 is 13.4. The maximum absolute atomic E-state index is 13.4. The Balaban J connectivity index is 1.94. The lowest BCUT2D eigenvalue weighted by Gasteiger charge is -2.33. The average molecular weight is 380 g/mol. The lowest BCUT2D eigenvalue weighted by atomic mass is 9.95. The van der Waals surface area contributed by atoms with Crippen LogP contribution in [0.4, 0.5) is 10.1 Å². The van der Waals surface area contributed by atoms with E-state index in [0.717, 1.165) is 0 Å². The van der Waals surface area contributed by atoms with Crippen LogP contribution in [0.1, 0.15) is 29.3 Å². The number of rotatable bonds is 6. The van der Waals surface area contributed by atoms with Gasteiger partial charge in [-0.05, 0) is 54.8 Å². The zero-order valence-corrected chi connectivity index (χ0v) is 15.3. The van der Waals surface area contributed by atoms with Crippen LogP contribution < -0.4 is 10.8 Å². The SMILES string of the molecule is CCC(Cc1cccc(F)c1)C(=O)N([O-])c1ccc(C(N)=O)c2ncccc12. The van der Waals surface area contributed by atoms with Gasteiger partial charge >= 0.3 is 0 Å². The Bertz CT molecular complexity index is 1040. The van der Waals surface area contributed by atoms with Gasteiger partial charge in [-0.2, -0.15) is 0 Å². The van der Waals surface area contributed by atoms with Crippen molar-refractivity contribution in [3.05, 3.63) is 76.9 Å². The first-order valence-corrected chi connectivity index (χ1v) is 8.85. The van der Waals surface area contributed by atoms with E-state index in [1.807, 2.05) is 0 Å². The summed E-state index contributed by atoms with van der Waals surface area (Å²) >= 11 is 0. The van der Waals surface area contributed by atoms with Crippen molar-refractivity contribution in [2.45, 2.75) is 19.8 Å². The second-order valence-corrected chi connectivity index (χ2v) is 6.47. The zero-order valence-electron chi connectivity index (χ0n) is 15.3. The summed E-state index contributed by atoms with van der Waals surface area (Å²) in [6.45, 7) is 1.80. The molecule has 0 spiro atoms. The summed E-state index contributed by atoms with van der Waals surface area (Å²) in [5, 5.41) is 13.5. The van der Waals surface area contributed by atoms with Gasteiger partial charge in [-0.25, -0.2) is 4.39 Å². The Labute approximate surface area is 161 Å². The number of aromatic nitrogens is 1. The van der Waals surface area contributed by atoms with Crippen molar-refractivity contribution in [3.63, 3.8) is 0 Å². The number of benzene rings is 2. The predicted octanol–water partition coefficient (Wildman–Crippen LogP) is 3.57. The molecule has 144 valence electrons. The number of hydrogen-bond acceptors (Lipinski definition) is 4. The summed E-state index contributed by atoms with van der Waals surface area (Å²) in [7, 11) is 0. The minimum atomic E-state index is -0.670. The van der Waals surface area contributed by atoms with Gasteiger partial charge in [-0.1, -0.05) is 19.1 Å². The maximum Gasteiger partial charge on any atom is 0.250 e. The molecule has 3 aromatic rings. The van der Waals surface area contributed by atoms with E-state index in [2.05, 4.69) is 4.98 Å². The van der Waals surface area contributed by atoms with E-state index in [-0.39, 0.29) is 23.2 Å². The number of carbonyl (C=O) groups excluding carboxylic acids is 2. The molecule has 1 unspecified atom stereocenters. The molecule has 0 fully saturated rings. The normalized spacial score (nSPS) is 12.0. The molecule has 7 heteroatoms. The van der Waals surface area contributed by atoms with Crippen molar-refractivity contribution in [2.24, 2.45) is 11.7 Å². The van der Waals surface area contributed by atoms with E-state index in [9.17, 15) is 19.2 Å². The minimum Gasteiger partial charge on any atom is -0.752 e. The Kier molecular flexibility index (Phi) is 5.65. The smallest absolute Gasteiger partial charge is 0.250 e. The van der Waals surface area contributed by atoms with Crippen LogP contribution in [0.15, 0.2) is 54.7 Å². The minimum absolute atomic E-state index is 0.0933. The van der Waals surface area contributed by atoms with Crippen molar-refractivity contribution in [2.75, 3.05) is 5.06 Å². The van der Waals surface area contributed by atoms with E-state index in [0.29, 0.717) is 22.4 Å². The molecule has 0 radical (unpaired) electrons. The van der Waals surface area contributed by atoms with Gasteiger partial charge in [0.25, 0.3) is 5.91 Å². The van der Waals surface area contributed by atoms with Crippen LogP contribution in [-0.2, 0) is 11.2 Å². The van der Waals surface area contributed by atoms with Crippen LogP contribution in [0, 0.1) is 16.9 Å². The van der Waals surface area contributed by atoms with Crippen molar-refractivity contribution >= 4 is 28.4 Å². The number of halogens is 1. The summed E-state index contributed by atoms with van der Waals surface area (Å²) in [6.07, 6.45) is 2.15. The molecule has 0 aliphatic rings. The van der Waals surface area contributed by atoms with Gasteiger partial charge in [0, 0.05) is 23.2 Å². The Morgan fingerprint density at radius 3 is 2.68 bits per heavy atom. The lowest BCUT2D eigenvalue weighted by molar-refractivity contribution is -0.121. The number of hydrogen-bond donors (Lipinski definition) is 1. The molecule has 6 nitrogen and oxygen atoms in total. The van der Waals surface area contributed by atoms with E-state index < -0.39 is 23.5 Å². The van der Waals surface area contributed by atoms with Gasteiger partial charge in [0.15, 0.2) is 0 Å². The van der Waals surface area contributed by atoms with Crippen LogP contribution in [0.3, 0.4) is 0 Å². The Hall–Kier alpha value is -3.32. The van der Waals surface area contributed by atoms with Crippen LogP contribution >= 0.6 is 0 Å². The number of carbonyl (C=O) groups is 2. The number of nitrogens with two attached hydrogens (primary N) is 1. The quantitative estimate of drug-likeness (QED) is 0.661. The fourth-order valence-electron chi connectivity index (χ4n) is 3.17. The Morgan fingerprint density at radius 1 is 1.21 bits per heavy atom. The lowest BCUT2D eigenvalue weighted by Crippen LogP contribution is -2.32. The van der Waals surface area contributed by atoms with Gasteiger partial charge in [-0.15, -0.1) is 0 Å². The fourth-order valence-corrected chi connectivity index (χ4v) is 3.17. The van der Waals surface area contributed by atoms with E-state index in [4.69, 9.17) is 5.73 Å². The predicted molar refractivity (Wildman–Crippen MR) is 105 cm³/mol. The van der Waals surface area contributed by atoms with Crippen LogP contribution in [0.5, 0.6) is 0 Å². The number of primary amides is 1. The highest BCUT2D eigenvalue weighted by molar-refractivity contribution is 6.11. The number of fused-ring (bicyclic) bond motifs is 1. The number of nitrogens with zero attached hydrogens (tertiary/aromatic N) is 2. The van der Waals surface area contributed by atoms with E-state index in [1.165, 1.54) is 30.5 Å². The first-order chi connectivity index (χ1) is 13.4. The molecule has 2 amide bonds. The molecule has 1 atom stereocenters. The monoisotopic (exact) mass is 380 g/mol. The molecule has 1 aromatic heterocycles. The molecule has 0 bridgehead atoms. The summed E-state index contributed by atoms with van der Waals surface area (Å²) in [4.78, 5) is 28.6. The topological polar surface area (TPSA) is 99.4 Å². The molecule has 2 aromatic carbocycles. The second-order valence-electron chi connectivity index (χ2n) is 6.47. The molecule has 28 heavy (non-hydrogen) atoms. The van der Waals surface area contributed by atoms with Gasteiger partial charge in [0.05, 0.1) is 11.1 Å². The highest BCUT2D eigenvalue weighted by Gasteiger charge is 2.21. The molecular formula is C21H19FN3O3-. The maximum atomic E-state index is 13.4. The van der Waals surface area contributed by atoms with Crippen molar-refractivity contribution in [3.8, 4) is 0 Å². The molecule has 0 saturated carbocycles. The molecule has 0 aliphatic heterocycles. The first-order valence-electron chi connectivity index (χ1n) is 8.85. The number of anilines is 1. The third-order valence-electron chi connectivity index (χ3n) is 4.64. The van der Waals surface area contributed by atoms with Crippen LogP contribution in [0.2, 0.25) is 0 Å². The molecule has 3 rings (SSSR count). The molecule has 2 N–H and O–H groups in total. The average Bonchev–Trinajstić information content (AvgIpc) is 2.70. The Morgan fingerprint density at radius 2 is 2.00 bits per heavy atom. The van der Waals surface area contributed by atoms with Crippen molar-refractivity contribution in [1.29, 1.82) is 0 Å². The number of pyridine rings is 1. The second kappa shape index (κ2) is 8.14. The van der Waals surface area contributed by atoms with Crippen LogP contribution in [0.25, 0.3) is 10.9 Å². The van der Waals surface area contributed by atoms with E-state index in [1.54, 1.807) is 31.2 Å². The third-order valence-corrected chi connectivity index (χ3v) is 4.64. The fraction of sp³-hybridized carbons (Fsp3) is 0.190. The highest BCUT2D eigenvalue weighted by atomic mass is 19.1. The van der Waals surface area contributed by atoms with Crippen molar-refractivity contribution in [1.82, 2.24) is 4.98 Å². The molecule has 1 heterocycles. The standard InChI is InChI=1S/C21H19FN3O3/c1-2-14(11-13-5-3-6-15(22)12-13)21(27)25(28)18-9-8-17(20(23)26)19-16(18)7-4-10-24-19/h3-10,12,14H,2,11H2,1H3,(H2,23,26)/q-1. The van der Waals surface area contributed by atoms with Gasteiger partial charge in [0.2, 0.25) is 5.91 Å². The summed E-state index contributed by atoms with van der Waals surface area (Å²) in [6, 6.07) is 12.0. The third kappa shape index (κ3) is 3.84. The van der Waals surface area contributed by atoms with Gasteiger partial charge < -0.3 is 16.0 Å². The zero-order chi connectivity index (χ0) is 20.3. The van der Waals surface area contributed by atoms with Gasteiger partial charge in [0.1, 0.15) is 5.82 Å². The van der Waals surface area contributed by atoms with Crippen molar-refractivity contribution < 1.29 is 14.0 Å². The highest BCUT2D eigenvalue weighted by Crippen LogP contribution is 2.29. The van der Waals surface area contributed by atoms with Gasteiger partial charge in [-0.3, -0.25) is 14.6 Å². The largest absolute Gasteiger partial charge is 0.752 e. The summed E-state index contributed by atoms with van der Waals surface area (Å²) in [5.74, 6) is -2.31. The molecule has 0 aliphatic carbocycles. The summed E-state index contributed by atoms with van der Waals surface area (Å²) in [5.41, 5.74) is 6.54. The van der Waals surface area contributed by atoms with E-state index >= 15 is 0 Å². The molecular weight excluding hydrogens is 361 g/mol. The first kappa shape index (κ1) is 19.4. The van der Waals surface area contributed by atoms with Crippen LogP contribution in [-0.4, -0.2) is 16.8 Å². The molecule has 0 saturated heterocycles.